The molecule has 0 amide bonds. The van der Waals surface area contributed by atoms with E-state index in [0.717, 1.165) is 99.1 Å². The van der Waals surface area contributed by atoms with Gasteiger partial charge in [0.15, 0.2) is 0 Å². The van der Waals surface area contributed by atoms with Gasteiger partial charge in [-0.05, 0) is 99.9 Å². The number of rotatable bonds is 10. The maximum Gasteiger partial charge on any atom is 0.304 e. The number of hydrogen-bond donors (Lipinski definition) is 2. The predicted octanol–water partition coefficient (Wildman–Crippen LogP) is 4.59. The molecule has 0 saturated carbocycles. The number of aliphatic carboxylic acids is 1. The molecule has 3 aliphatic rings. The fourth-order valence-corrected chi connectivity index (χ4v) is 6.86. The van der Waals surface area contributed by atoms with Crippen LogP contribution in [-0.4, -0.2) is 83.2 Å². The quantitative estimate of drug-likeness (QED) is 0.364. The summed E-state index contributed by atoms with van der Waals surface area (Å²) in [6.07, 6.45) is 5.64. The smallest absolute Gasteiger partial charge is 0.304 e. The van der Waals surface area contributed by atoms with E-state index in [0.29, 0.717) is 19.1 Å². The van der Waals surface area contributed by atoms with E-state index in [1.807, 2.05) is 11.6 Å². The zero-order valence-electron chi connectivity index (χ0n) is 25.0. The second kappa shape index (κ2) is 12.8. The van der Waals surface area contributed by atoms with Gasteiger partial charge in [-0.1, -0.05) is 6.07 Å². The third-order valence-corrected chi connectivity index (χ3v) is 9.06. The SMILES string of the molecule is Cc1cc(C)n(-c2cc([C@H](CC(=O)O)CN3CC[C@@H](CCc4ccc5c(n4)NCCC5)C3)cc(N3CCOCC3)c2)n1. The van der Waals surface area contributed by atoms with Crippen LogP contribution in [0.4, 0.5) is 11.5 Å². The Morgan fingerprint density at radius 3 is 2.74 bits per heavy atom. The molecule has 0 radical (unpaired) electrons. The summed E-state index contributed by atoms with van der Waals surface area (Å²) in [6, 6.07) is 13.1. The number of carbonyl (C=O) groups is 1. The number of nitrogens with one attached hydrogen (secondary N) is 1. The van der Waals surface area contributed by atoms with Crippen molar-refractivity contribution in [2.24, 2.45) is 5.92 Å². The van der Waals surface area contributed by atoms with Gasteiger partial charge in [-0.15, -0.1) is 0 Å². The van der Waals surface area contributed by atoms with Crippen molar-refractivity contribution in [3.05, 3.63) is 64.6 Å². The van der Waals surface area contributed by atoms with Gasteiger partial charge in [0.25, 0.3) is 0 Å². The average molecular weight is 573 g/mol. The van der Waals surface area contributed by atoms with Gasteiger partial charge in [0.2, 0.25) is 0 Å². The first kappa shape index (κ1) is 28.7. The van der Waals surface area contributed by atoms with E-state index < -0.39 is 5.97 Å². The molecule has 2 fully saturated rings. The summed E-state index contributed by atoms with van der Waals surface area (Å²) >= 11 is 0. The lowest BCUT2D eigenvalue weighted by Gasteiger charge is -2.31. The monoisotopic (exact) mass is 572 g/mol. The summed E-state index contributed by atoms with van der Waals surface area (Å²) in [6.45, 7) is 10.9. The molecule has 1 aromatic carbocycles. The predicted molar refractivity (Wildman–Crippen MR) is 165 cm³/mol. The van der Waals surface area contributed by atoms with Crippen molar-refractivity contribution in [2.45, 2.75) is 58.3 Å². The molecule has 2 atom stereocenters. The lowest BCUT2D eigenvalue weighted by atomic mass is 9.93. The molecule has 5 heterocycles. The van der Waals surface area contributed by atoms with E-state index >= 15 is 0 Å². The normalized spacial score (nSPS) is 19.9. The van der Waals surface area contributed by atoms with Gasteiger partial charge in [0, 0.05) is 55.7 Å². The van der Waals surface area contributed by atoms with Crippen LogP contribution < -0.4 is 10.2 Å². The van der Waals surface area contributed by atoms with Gasteiger partial charge < -0.3 is 25.0 Å². The maximum atomic E-state index is 12.1. The highest BCUT2D eigenvalue weighted by atomic mass is 16.5. The Bertz CT molecular complexity index is 1400. The molecule has 0 aliphatic carbocycles. The molecule has 3 aromatic rings. The van der Waals surface area contributed by atoms with E-state index in [4.69, 9.17) is 14.8 Å². The molecule has 0 spiro atoms. The number of aromatic nitrogens is 3. The van der Waals surface area contributed by atoms with Gasteiger partial charge in [0.1, 0.15) is 5.82 Å². The fraction of sp³-hybridized carbons (Fsp3) is 0.545. The number of fused-ring (bicyclic) bond motifs is 1. The van der Waals surface area contributed by atoms with Gasteiger partial charge in [-0.3, -0.25) is 4.79 Å². The number of likely N-dealkylation sites (tertiary alicyclic amines) is 1. The average Bonchev–Trinajstić information content (AvgIpc) is 3.60. The van der Waals surface area contributed by atoms with Crippen molar-refractivity contribution in [1.29, 1.82) is 0 Å². The number of ether oxygens (including phenoxy) is 1. The molecule has 6 rings (SSSR count). The highest BCUT2D eigenvalue weighted by Crippen LogP contribution is 2.32. The topological polar surface area (TPSA) is 95.8 Å². The van der Waals surface area contributed by atoms with E-state index in [1.165, 1.54) is 17.7 Å². The zero-order valence-corrected chi connectivity index (χ0v) is 25.0. The van der Waals surface area contributed by atoms with Gasteiger partial charge in [-0.25, -0.2) is 9.67 Å². The largest absolute Gasteiger partial charge is 0.481 e. The Labute approximate surface area is 248 Å². The Hall–Kier alpha value is -3.43. The first-order chi connectivity index (χ1) is 20.4. The second-order valence-electron chi connectivity index (χ2n) is 12.3. The van der Waals surface area contributed by atoms with Crippen LogP contribution in [0.3, 0.4) is 0 Å². The van der Waals surface area contributed by atoms with Crippen molar-refractivity contribution in [3.8, 4) is 5.69 Å². The Morgan fingerprint density at radius 1 is 1.12 bits per heavy atom. The molecular formula is C33H44N6O3. The number of nitrogens with zero attached hydrogens (tertiary/aromatic N) is 5. The lowest BCUT2D eigenvalue weighted by Crippen LogP contribution is -2.36. The number of benzene rings is 1. The van der Waals surface area contributed by atoms with Crippen LogP contribution in [0.15, 0.2) is 36.4 Å². The maximum absolute atomic E-state index is 12.1. The fourth-order valence-electron chi connectivity index (χ4n) is 6.86. The summed E-state index contributed by atoms with van der Waals surface area (Å²) in [5.41, 5.74) is 7.71. The number of morpholine rings is 1. The number of carboxylic acid groups (broad SMARTS) is 1. The van der Waals surface area contributed by atoms with Gasteiger partial charge in [0.05, 0.1) is 31.0 Å². The molecular weight excluding hydrogens is 528 g/mol. The molecule has 2 N–H and O–H groups in total. The van der Waals surface area contributed by atoms with Crippen LogP contribution >= 0.6 is 0 Å². The molecule has 0 unspecified atom stereocenters. The third-order valence-electron chi connectivity index (χ3n) is 9.06. The van der Waals surface area contributed by atoms with Crippen molar-refractivity contribution in [2.75, 3.05) is 62.7 Å². The van der Waals surface area contributed by atoms with Crippen LogP contribution in [0.2, 0.25) is 0 Å². The first-order valence-electron chi connectivity index (χ1n) is 15.6. The number of pyridine rings is 1. The number of aryl methyl sites for hydroxylation is 4. The minimum atomic E-state index is -0.757. The Kier molecular flexibility index (Phi) is 8.76. The summed E-state index contributed by atoms with van der Waals surface area (Å²) in [7, 11) is 0. The molecule has 9 nitrogen and oxygen atoms in total. The summed E-state index contributed by atoms with van der Waals surface area (Å²) < 4.78 is 7.59. The summed E-state index contributed by atoms with van der Waals surface area (Å²) in [5.74, 6) is 0.812. The minimum absolute atomic E-state index is 0.105. The number of hydrogen-bond acceptors (Lipinski definition) is 7. The Morgan fingerprint density at radius 2 is 1.95 bits per heavy atom. The van der Waals surface area contributed by atoms with E-state index in [-0.39, 0.29) is 12.3 Å². The van der Waals surface area contributed by atoms with Gasteiger partial charge >= 0.3 is 5.97 Å². The molecule has 2 aromatic heterocycles. The number of anilines is 2. The summed E-state index contributed by atoms with van der Waals surface area (Å²) in [4.78, 5) is 21.8. The molecule has 2 saturated heterocycles. The minimum Gasteiger partial charge on any atom is -0.481 e. The molecule has 0 bridgehead atoms. The number of carboxylic acids is 1. The third kappa shape index (κ3) is 6.79. The van der Waals surface area contributed by atoms with Crippen molar-refractivity contribution in [1.82, 2.24) is 19.7 Å². The highest BCUT2D eigenvalue weighted by Gasteiger charge is 2.28. The van der Waals surface area contributed by atoms with Crippen LogP contribution in [0.5, 0.6) is 0 Å². The second-order valence-corrected chi connectivity index (χ2v) is 12.3. The zero-order chi connectivity index (χ0) is 29.1. The van der Waals surface area contributed by atoms with Crippen molar-refractivity contribution < 1.29 is 14.6 Å². The highest BCUT2D eigenvalue weighted by molar-refractivity contribution is 5.68. The molecule has 42 heavy (non-hydrogen) atoms. The Balaban J connectivity index is 1.17. The molecule has 224 valence electrons. The molecule has 9 heteroatoms. The van der Waals surface area contributed by atoms with E-state index in [9.17, 15) is 9.90 Å². The standard InChI is InChI=1S/C33H44N6O3/c1-23-16-24(2)39(36-23)31-18-27(17-30(20-31)38-12-14-42-15-13-38)28(19-32(40)41)22-37-11-9-25(21-37)5-7-29-8-6-26-4-3-10-34-33(26)35-29/h6,8,16-18,20,25,28H,3-5,7,9-15,19,21-22H2,1-2H3,(H,34,35)(H,40,41)/t25-,28-/m1/s1. The van der Waals surface area contributed by atoms with Crippen LogP contribution in [0, 0.1) is 19.8 Å². The first-order valence-corrected chi connectivity index (χ1v) is 15.6. The van der Waals surface area contributed by atoms with E-state index in [2.05, 4.69) is 58.4 Å². The van der Waals surface area contributed by atoms with Crippen LogP contribution in [0.25, 0.3) is 5.69 Å². The van der Waals surface area contributed by atoms with Gasteiger partial charge in [-0.2, -0.15) is 5.10 Å². The van der Waals surface area contributed by atoms with Crippen molar-refractivity contribution in [3.63, 3.8) is 0 Å². The van der Waals surface area contributed by atoms with Crippen molar-refractivity contribution >= 4 is 17.5 Å². The summed E-state index contributed by atoms with van der Waals surface area (Å²) in [5, 5.41) is 18.1. The van der Waals surface area contributed by atoms with Crippen LogP contribution in [0.1, 0.15) is 59.8 Å². The lowest BCUT2D eigenvalue weighted by molar-refractivity contribution is -0.137. The van der Waals surface area contributed by atoms with Crippen LogP contribution in [-0.2, 0) is 22.4 Å². The molecule has 3 aliphatic heterocycles. The van der Waals surface area contributed by atoms with E-state index in [1.54, 1.807) is 0 Å².